The number of carboxylic acids is 1. The van der Waals surface area contributed by atoms with Gasteiger partial charge in [0.25, 0.3) is 0 Å². The Morgan fingerprint density at radius 2 is 2.29 bits per heavy atom. The van der Waals surface area contributed by atoms with Crippen molar-refractivity contribution >= 4 is 5.97 Å². The van der Waals surface area contributed by atoms with Crippen LogP contribution in [0.2, 0.25) is 0 Å². The van der Waals surface area contributed by atoms with E-state index in [-0.39, 0.29) is 6.79 Å². The lowest BCUT2D eigenvalue weighted by Crippen LogP contribution is -2.12. The molecular weight excluding hydrogens is 224 g/mol. The van der Waals surface area contributed by atoms with Gasteiger partial charge in [0.15, 0.2) is 11.5 Å². The van der Waals surface area contributed by atoms with E-state index in [9.17, 15) is 4.79 Å². The quantitative estimate of drug-likeness (QED) is 0.864. The van der Waals surface area contributed by atoms with Crippen LogP contribution in [0.5, 0.6) is 17.2 Å². The number of benzene rings is 1. The predicted molar refractivity (Wildman–Crippen MR) is 59.6 cm³/mol. The number of carbonyl (C=O) groups is 1. The minimum absolute atomic E-state index is 0.170. The van der Waals surface area contributed by atoms with Crippen molar-refractivity contribution in [1.82, 2.24) is 0 Å². The molecule has 0 fully saturated rings. The molecule has 1 heterocycles. The van der Waals surface area contributed by atoms with Crippen molar-refractivity contribution in [2.24, 2.45) is 5.92 Å². The summed E-state index contributed by atoms with van der Waals surface area (Å²) in [7, 11) is 1.53. The monoisotopic (exact) mass is 238 g/mol. The predicted octanol–water partition coefficient (Wildman–Crippen LogP) is 1.69. The molecule has 1 aliphatic rings. The topological polar surface area (TPSA) is 65.0 Å². The molecule has 1 aliphatic heterocycles. The first kappa shape index (κ1) is 11.6. The molecule has 17 heavy (non-hydrogen) atoms. The molecule has 0 spiro atoms. The number of rotatable bonds is 4. The second-order valence-electron chi connectivity index (χ2n) is 3.94. The Morgan fingerprint density at radius 3 is 2.94 bits per heavy atom. The lowest BCUT2D eigenvalue weighted by Gasteiger charge is -2.12. The van der Waals surface area contributed by atoms with Gasteiger partial charge in [0.2, 0.25) is 12.5 Å². The summed E-state index contributed by atoms with van der Waals surface area (Å²) in [6, 6.07) is 3.58. The number of aliphatic carboxylic acids is 1. The van der Waals surface area contributed by atoms with Gasteiger partial charge in [-0.2, -0.15) is 0 Å². The number of carboxylic acid groups (broad SMARTS) is 1. The minimum atomic E-state index is -0.829. The van der Waals surface area contributed by atoms with Crippen molar-refractivity contribution in [3.05, 3.63) is 17.7 Å². The van der Waals surface area contributed by atoms with Crippen molar-refractivity contribution < 1.29 is 24.1 Å². The summed E-state index contributed by atoms with van der Waals surface area (Å²) >= 11 is 0. The number of hydrogen-bond acceptors (Lipinski definition) is 4. The van der Waals surface area contributed by atoms with Gasteiger partial charge in [-0.1, -0.05) is 13.0 Å². The molecule has 1 unspecified atom stereocenters. The molecule has 1 aromatic carbocycles. The van der Waals surface area contributed by atoms with E-state index in [4.69, 9.17) is 19.3 Å². The van der Waals surface area contributed by atoms with Gasteiger partial charge in [0.1, 0.15) is 0 Å². The lowest BCUT2D eigenvalue weighted by molar-refractivity contribution is -0.141. The zero-order valence-corrected chi connectivity index (χ0v) is 9.73. The summed E-state index contributed by atoms with van der Waals surface area (Å²) in [4.78, 5) is 10.8. The van der Waals surface area contributed by atoms with E-state index in [0.29, 0.717) is 23.7 Å². The molecule has 5 heteroatoms. The summed E-state index contributed by atoms with van der Waals surface area (Å²) in [5.41, 5.74) is 0.812. The molecule has 1 N–H and O–H groups in total. The second-order valence-corrected chi connectivity index (χ2v) is 3.94. The Labute approximate surface area is 98.9 Å². The average molecular weight is 238 g/mol. The van der Waals surface area contributed by atoms with E-state index in [0.717, 1.165) is 5.56 Å². The van der Waals surface area contributed by atoms with E-state index in [1.54, 1.807) is 13.0 Å². The van der Waals surface area contributed by atoms with Crippen LogP contribution in [0.3, 0.4) is 0 Å². The van der Waals surface area contributed by atoms with Crippen LogP contribution >= 0.6 is 0 Å². The first-order valence-electron chi connectivity index (χ1n) is 5.31. The fraction of sp³-hybridized carbons (Fsp3) is 0.417. The van der Waals surface area contributed by atoms with Crippen molar-refractivity contribution in [3.63, 3.8) is 0 Å². The molecule has 0 bridgehead atoms. The number of methoxy groups -OCH3 is 1. The first-order valence-corrected chi connectivity index (χ1v) is 5.31. The van der Waals surface area contributed by atoms with Gasteiger partial charge in [0.05, 0.1) is 13.0 Å². The fourth-order valence-corrected chi connectivity index (χ4v) is 1.79. The third kappa shape index (κ3) is 2.13. The molecule has 1 atom stereocenters. The van der Waals surface area contributed by atoms with Crippen LogP contribution in [0, 0.1) is 5.92 Å². The Bertz CT molecular complexity index is 441. The van der Waals surface area contributed by atoms with Crippen LogP contribution in [0.15, 0.2) is 12.1 Å². The molecule has 5 nitrogen and oxygen atoms in total. The van der Waals surface area contributed by atoms with Crippen molar-refractivity contribution in [2.75, 3.05) is 13.9 Å². The highest BCUT2D eigenvalue weighted by molar-refractivity contribution is 5.70. The smallest absolute Gasteiger partial charge is 0.306 e. The van der Waals surface area contributed by atoms with Gasteiger partial charge in [-0.05, 0) is 18.1 Å². The molecule has 0 radical (unpaired) electrons. The molecule has 0 saturated carbocycles. The molecule has 0 amide bonds. The van der Waals surface area contributed by atoms with Crippen LogP contribution in [0.25, 0.3) is 0 Å². The summed E-state index contributed by atoms with van der Waals surface area (Å²) in [6.45, 7) is 1.83. The third-order valence-corrected chi connectivity index (χ3v) is 2.73. The summed E-state index contributed by atoms with van der Waals surface area (Å²) in [5.74, 6) is 0.457. The van der Waals surface area contributed by atoms with E-state index in [1.807, 2.05) is 6.07 Å². The van der Waals surface area contributed by atoms with Crippen LogP contribution in [0.4, 0.5) is 0 Å². The van der Waals surface area contributed by atoms with E-state index < -0.39 is 11.9 Å². The van der Waals surface area contributed by atoms with Gasteiger partial charge in [-0.15, -0.1) is 0 Å². The van der Waals surface area contributed by atoms with Gasteiger partial charge >= 0.3 is 5.97 Å². The number of hydrogen-bond donors (Lipinski definition) is 1. The number of fused-ring (bicyclic) bond motifs is 1. The maximum Gasteiger partial charge on any atom is 0.306 e. The van der Waals surface area contributed by atoms with Gasteiger partial charge in [-0.25, -0.2) is 0 Å². The zero-order valence-electron chi connectivity index (χ0n) is 9.73. The molecule has 0 saturated heterocycles. The third-order valence-electron chi connectivity index (χ3n) is 2.73. The second kappa shape index (κ2) is 4.53. The summed E-state index contributed by atoms with van der Waals surface area (Å²) in [6.07, 6.45) is 0.398. The maximum absolute atomic E-state index is 10.8. The first-order chi connectivity index (χ1) is 8.13. The lowest BCUT2D eigenvalue weighted by atomic mass is 10.00. The number of ether oxygens (including phenoxy) is 3. The molecule has 0 aliphatic carbocycles. The maximum atomic E-state index is 10.8. The van der Waals surface area contributed by atoms with Gasteiger partial charge in [0, 0.05) is 0 Å². The minimum Gasteiger partial charge on any atom is -0.492 e. The molecule has 92 valence electrons. The van der Waals surface area contributed by atoms with Crippen LogP contribution < -0.4 is 14.2 Å². The molecule has 1 aromatic rings. The fourth-order valence-electron chi connectivity index (χ4n) is 1.79. The highest BCUT2D eigenvalue weighted by Crippen LogP contribution is 2.43. The largest absolute Gasteiger partial charge is 0.492 e. The average Bonchev–Trinajstić information content (AvgIpc) is 2.76. The van der Waals surface area contributed by atoms with Crippen molar-refractivity contribution in [3.8, 4) is 17.2 Å². The standard InChI is InChI=1S/C12H14O5/c1-7(12(13)14)5-8-3-4-9-11(10(8)15-2)17-6-16-9/h3-4,7H,5-6H2,1-2H3,(H,13,14). The normalized spacial score (nSPS) is 14.5. The van der Waals surface area contributed by atoms with Crippen LogP contribution in [0.1, 0.15) is 12.5 Å². The Kier molecular flexibility index (Phi) is 3.08. The van der Waals surface area contributed by atoms with E-state index in [1.165, 1.54) is 7.11 Å². The molecule has 2 rings (SSSR count). The van der Waals surface area contributed by atoms with Crippen LogP contribution in [-0.4, -0.2) is 25.0 Å². The van der Waals surface area contributed by atoms with Gasteiger partial charge < -0.3 is 19.3 Å². The van der Waals surface area contributed by atoms with Gasteiger partial charge in [-0.3, -0.25) is 4.79 Å². The van der Waals surface area contributed by atoms with Crippen molar-refractivity contribution in [1.29, 1.82) is 0 Å². The zero-order chi connectivity index (χ0) is 12.4. The van der Waals surface area contributed by atoms with Crippen molar-refractivity contribution in [2.45, 2.75) is 13.3 Å². The van der Waals surface area contributed by atoms with E-state index in [2.05, 4.69) is 0 Å². The molecule has 0 aromatic heterocycles. The van der Waals surface area contributed by atoms with Crippen LogP contribution in [-0.2, 0) is 11.2 Å². The summed E-state index contributed by atoms with van der Waals surface area (Å²) < 4.78 is 15.8. The Balaban J connectivity index is 2.31. The Hall–Kier alpha value is -1.91. The SMILES string of the molecule is COc1c(CC(C)C(=O)O)ccc2c1OCO2. The van der Waals surface area contributed by atoms with E-state index >= 15 is 0 Å². The highest BCUT2D eigenvalue weighted by atomic mass is 16.7. The summed E-state index contributed by atoms with van der Waals surface area (Å²) in [5, 5.41) is 8.90. The Morgan fingerprint density at radius 1 is 1.53 bits per heavy atom. The molecular formula is C12H14O5. The highest BCUT2D eigenvalue weighted by Gasteiger charge is 2.23.